The molecule has 0 spiro atoms. The van der Waals surface area contributed by atoms with E-state index in [-0.39, 0.29) is 12.0 Å². The largest absolute Gasteiger partial charge is 0.398 e. The van der Waals surface area contributed by atoms with Gasteiger partial charge in [-0.25, -0.2) is 0 Å². The molecule has 4 nitrogen and oxygen atoms in total. The molecule has 0 bridgehead atoms. The highest BCUT2D eigenvalue weighted by molar-refractivity contribution is 9.10. The van der Waals surface area contributed by atoms with Crippen LogP contribution in [0.25, 0.3) is 0 Å². The van der Waals surface area contributed by atoms with E-state index < -0.39 is 0 Å². The van der Waals surface area contributed by atoms with Crippen LogP contribution in [0.2, 0.25) is 0 Å². The van der Waals surface area contributed by atoms with Crippen LogP contribution in [0.5, 0.6) is 0 Å². The van der Waals surface area contributed by atoms with E-state index in [1.54, 1.807) is 12.1 Å². The summed E-state index contributed by atoms with van der Waals surface area (Å²) >= 11 is 3.36. The smallest absolute Gasteiger partial charge is 0.255 e. The first kappa shape index (κ1) is 14.3. The van der Waals surface area contributed by atoms with E-state index in [2.05, 4.69) is 15.9 Å². The minimum absolute atomic E-state index is 0.0251. The second kappa shape index (κ2) is 5.92. The maximum atomic E-state index is 12.4. The summed E-state index contributed by atoms with van der Waals surface area (Å²) in [6.45, 7) is 3.18. The maximum Gasteiger partial charge on any atom is 0.255 e. The predicted octanol–water partition coefficient (Wildman–Crippen LogP) is 2.26. The number of hydrogen-bond acceptors (Lipinski definition) is 3. The topological polar surface area (TPSA) is 66.6 Å². The van der Waals surface area contributed by atoms with Gasteiger partial charge in [0.2, 0.25) is 0 Å². The molecule has 0 aliphatic carbocycles. The molecule has 1 fully saturated rings. The molecule has 1 aromatic carbocycles. The molecule has 5 heteroatoms. The molecular formula is C14H19BrN2O2. The molecular weight excluding hydrogens is 308 g/mol. The summed E-state index contributed by atoms with van der Waals surface area (Å²) in [5.74, 6) is 0.270. The number of halogens is 1. The summed E-state index contributed by atoms with van der Waals surface area (Å²) in [7, 11) is 0. The first-order valence-corrected chi connectivity index (χ1v) is 7.30. The number of nitrogens with two attached hydrogens (primary N) is 1. The first-order valence-electron chi connectivity index (χ1n) is 6.51. The highest BCUT2D eigenvalue weighted by atomic mass is 79.9. The van der Waals surface area contributed by atoms with Crippen molar-refractivity contribution in [3.8, 4) is 0 Å². The van der Waals surface area contributed by atoms with Gasteiger partial charge in [-0.2, -0.15) is 0 Å². The van der Waals surface area contributed by atoms with E-state index in [1.807, 2.05) is 17.9 Å². The number of likely N-dealkylation sites (tertiary alicyclic amines) is 1. The Morgan fingerprint density at radius 2 is 2.11 bits per heavy atom. The number of carbonyl (C=O) groups is 1. The molecule has 1 aromatic rings. The summed E-state index contributed by atoms with van der Waals surface area (Å²) in [4.78, 5) is 14.2. The van der Waals surface area contributed by atoms with E-state index in [0.29, 0.717) is 30.3 Å². The van der Waals surface area contributed by atoms with Crippen molar-refractivity contribution in [2.45, 2.75) is 25.9 Å². The number of piperidine rings is 1. The van der Waals surface area contributed by atoms with Crippen molar-refractivity contribution in [3.05, 3.63) is 28.2 Å². The number of nitrogens with zero attached hydrogens (tertiary/aromatic N) is 1. The predicted molar refractivity (Wildman–Crippen MR) is 78.9 cm³/mol. The van der Waals surface area contributed by atoms with Crippen molar-refractivity contribution in [1.29, 1.82) is 0 Å². The molecule has 0 saturated carbocycles. The molecule has 1 saturated heterocycles. The number of nitrogen functional groups attached to an aromatic ring is 1. The van der Waals surface area contributed by atoms with Gasteiger partial charge in [0, 0.05) is 23.2 Å². The van der Waals surface area contributed by atoms with Crippen LogP contribution in [-0.2, 0) is 0 Å². The lowest BCUT2D eigenvalue weighted by atomic mass is 9.92. The number of aliphatic hydroxyl groups is 1. The van der Waals surface area contributed by atoms with Crippen LogP contribution in [0.3, 0.4) is 0 Å². The first-order chi connectivity index (χ1) is 8.99. The van der Waals surface area contributed by atoms with Crippen molar-refractivity contribution >= 4 is 27.5 Å². The van der Waals surface area contributed by atoms with E-state index in [4.69, 9.17) is 5.73 Å². The van der Waals surface area contributed by atoms with Crippen LogP contribution in [-0.4, -0.2) is 35.1 Å². The summed E-state index contributed by atoms with van der Waals surface area (Å²) < 4.78 is 0.851. The highest BCUT2D eigenvalue weighted by Gasteiger charge is 2.26. The van der Waals surface area contributed by atoms with Crippen LogP contribution < -0.4 is 5.73 Å². The lowest BCUT2D eigenvalue weighted by Crippen LogP contribution is -2.41. The lowest BCUT2D eigenvalue weighted by Gasteiger charge is -2.33. The van der Waals surface area contributed by atoms with Crippen LogP contribution in [0.4, 0.5) is 5.69 Å². The molecule has 1 amide bonds. The lowest BCUT2D eigenvalue weighted by molar-refractivity contribution is 0.0522. The Balaban J connectivity index is 2.07. The minimum atomic E-state index is -0.298. The zero-order valence-electron chi connectivity index (χ0n) is 11.0. The maximum absolute atomic E-state index is 12.4. The second-order valence-corrected chi connectivity index (χ2v) is 6.02. The molecule has 1 atom stereocenters. The molecule has 3 N–H and O–H groups in total. The molecule has 2 rings (SSSR count). The Morgan fingerprint density at radius 1 is 1.47 bits per heavy atom. The molecule has 1 aliphatic heterocycles. The summed E-state index contributed by atoms with van der Waals surface area (Å²) in [5, 5.41) is 9.57. The zero-order valence-corrected chi connectivity index (χ0v) is 12.6. The molecule has 1 heterocycles. The van der Waals surface area contributed by atoms with Gasteiger partial charge in [0.25, 0.3) is 5.91 Å². The van der Waals surface area contributed by atoms with Gasteiger partial charge in [-0.3, -0.25) is 4.79 Å². The number of aliphatic hydroxyl groups excluding tert-OH is 1. The van der Waals surface area contributed by atoms with Gasteiger partial charge in [-0.05, 0) is 43.9 Å². The van der Waals surface area contributed by atoms with E-state index >= 15 is 0 Å². The average Bonchev–Trinajstić information content (AvgIpc) is 2.41. The number of rotatable bonds is 2. The number of carbonyl (C=O) groups excluding carboxylic acids is 1. The standard InChI is InChI=1S/C14H19BrN2O2/c1-9(18)10-4-6-17(7-5-10)14(19)12-8-11(15)2-3-13(12)16/h2-3,8-10,18H,4-7,16H2,1H3. The molecule has 104 valence electrons. The Bertz CT molecular complexity index is 469. The summed E-state index contributed by atoms with van der Waals surface area (Å²) in [5.41, 5.74) is 6.92. The van der Waals surface area contributed by atoms with E-state index in [1.165, 1.54) is 0 Å². The van der Waals surface area contributed by atoms with Crippen molar-refractivity contribution in [2.24, 2.45) is 5.92 Å². The summed E-state index contributed by atoms with van der Waals surface area (Å²) in [6.07, 6.45) is 1.39. The molecule has 0 radical (unpaired) electrons. The monoisotopic (exact) mass is 326 g/mol. The van der Waals surface area contributed by atoms with Crippen LogP contribution in [0.15, 0.2) is 22.7 Å². The second-order valence-electron chi connectivity index (χ2n) is 5.10. The SMILES string of the molecule is CC(O)C1CCN(C(=O)c2cc(Br)ccc2N)CC1. The van der Waals surface area contributed by atoms with Crippen LogP contribution in [0.1, 0.15) is 30.1 Å². The normalized spacial score (nSPS) is 18.4. The van der Waals surface area contributed by atoms with E-state index in [0.717, 1.165) is 17.3 Å². The highest BCUT2D eigenvalue weighted by Crippen LogP contribution is 2.25. The number of hydrogen-bond donors (Lipinski definition) is 2. The summed E-state index contributed by atoms with van der Waals surface area (Å²) in [6, 6.07) is 5.32. The fourth-order valence-corrected chi connectivity index (χ4v) is 2.83. The van der Waals surface area contributed by atoms with Gasteiger partial charge in [-0.1, -0.05) is 15.9 Å². The minimum Gasteiger partial charge on any atom is -0.398 e. The Kier molecular flexibility index (Phi) is 4.47. The third kappa shape index (κ3) is 3.28. The van der Waals surface area contributed by atoms with Gasteiger partial charge in [0.05, 0.1) is 11.7 Å². The molecule has 1 aliphatic rings. The molecule has 0 aromatic heterocycles. The van der Waals surface area contributed by atoms with Gasteiger partial charge >= 0.3 is 0 Å². The molecule has 1 unspecified atom stereocenters. The fraction of sp³-hybridized carbons (Fsp3) is 0.500. The Labute approximate surface area is 121 Å². The number of amides is 1. The van der Waals surface area contributed by atoms with Gasteiger partial charge in [0.1, 0.15) is 0 Å². The number of benzene rings is 1. The zero-order chi connectivity index (χ0) is 14.0. The van der Waals surface area contributed by atoms with Gasteiger partial charge in [-0.15, -0.1) is 0 Å². The fourth-order valence-electron chi connectivity index (χ4n) is 2.47. The van der Waals surface area contributed by atoms with Crippen molar-refractivity contribution in [3.63, 3.8) is 0 Å². The van der Waals surface area contributed by atoms with Crippen LogP contribution in [0, 0.1) is 5.92 Å². The van der Waals surface area contributed by atoms with Crippen LogP contribution >= 0.6 is 15.9 Å². The number of anilines is 1. The molecule has 19 heavy (non-hydrogen) atoms. The third-order valence-electron chi connectivity index (χ3n) is 3.75. The Morgan fingerprint density at radius 3 is 2.68 bits per heavy atom. The van der Waals surface area contributed by atoms with Crippen molar-refractivity contribution < 1.29 is 9.90 Å². The van der Waals surface area contributed by atoms with Crippen molar-refractivity contribution in [1.82, 2.24) is 4.90 Å². The van der Waals surface area contributed by atoms with Gasteiger partial charge in [0.15, 0.2) is 0 Å². The van der Waals surface area contributed by atoms with Crippen molar-refractivity contribution in [2.75, 3.05) is 18.8 Å². The quantitative estimate of drug-likeness (QED) is 0.819. The van der Waals surface area contributed by atoms with E-state index in [9.17, 15) is 9.90 Å². The Hall–Kier alpha value is -1.07. The third-order valence-corrected chi connectivity index (χ3v) is 4.25. The average molecular weight is 327 g/mol. The van der Waals surface area contributed by atoms with Gasteiger partial charge < -0.3 is 15.7 Å².